The molecule has 3 atom stereocenters. The van der Waals surface area contributed by atoms with E-state index in [1.165, 1.54) is 32.1 Å². The van der Waals surface area contributed by atoms with E-state index >= 15 is 0 Å². The first kappa shape index (κ1) is 29.6. The zero-order valence-corrected chi connectivity index (χ0v) is 19.8. The maximum absolute atomic E-state index is 12.2. The molecule has 31 heavy (non-hydrogen) atoms. The fraction of sp³-hybridized carbons (Fsp3) is 0.731. The lowest BCUT2D eigenvalue weighted by molar-refractivity contribution is -0.131. The average molecular weight is 438 g/mol. The van der Waals surface area contributed by atoms with Crippen LogP contribution in [0.25, 0.3) is 0 Å². The molecule has 0 fully saturated rings. The molecular formula is C26H47NO4. The molecule has 0 saturated carbocycles. The van der Waals surface area contributed by atoms with Crippen LogP contribution in [0.3, 0.4) is 0 Å². The van der Waals surface area contributed by atoms with Crippen molar-refractivity contribution in [1.29, 1.82) is 0 Å². The van der Waals surface area contributed by atoms with Crippen molar-refractivity contribution >= 4 is 5.91 Å². The zero-order chi connectivity index (χ0) is 23.2. The number of carbonyl (C=O) groups excluding carboxylic acids is 1. The molecule has 5 nitrogen and oxygen atoms in total. The summed E-state index contributed by atoms with van der Waals surface area (Å²) in [6.45, 7) is 3.84. The lowest BCUT2D eigenvalue weighted by atomic mass is 10.0. The highest BCUT2D eigenvalue weighted by Gasteiger charge is 2.22. The number of allylic oxidation sites excluding steroid dienone is 5. The van der Waals surface area contributed by atoms with Crippen LogP contribution in [0.2, 0.25) is 0 Å². The maximum atomic E-state index is 12.2. The second kappa shape index (κ2) is 21.8. The summed E-state index contributed by atoms with van der Waals surface area (Å²) >= 11 is 0. The lowest BCUT2D eigenvalue weighted by Gasteiger charge is -2.21. The fourth-order valence-corrected chi connectivity index (χ4v) is 3.28. The lowest BCUT2D eigenvalue weighted by Crippen LogP contribution is -2.48. The van der Waals surface area contributed by atoms with Gasteiger partial charge in [-0.3, -0.25) is 4.79 Å². The van der Waals surface area contributed by atoms with Crippen LogP contribution in [-0.2, 0) is 4.79 Å². The number of amides is 1. The van der Waals surface area contributed by atoms with E-state index in [1.807, 2.05) is 19.1 Å². The van der Waals surface area contributed by atoms with Crippen molar-refractivity contribution in [3.8, 4) is 0 Å². The minimum absolute atomic E-state index is 0.382. The standard InChI is InChI=1S/C26H47NO4/c1-3-5-7-9-11-13-15-16-18-20-24(29)23(22-28)27-26(31)25(30)21-19-17-14-12-10-8-6-4-2/h3,5,11,13,18,20,23-25,28-30H,4,6-10,12,14-17,19,21-22H2,1-2H3,(H,27,31)/b5-3+,13-11+,20-18+. The van der Waals surface area contributed by atoms with E-state index < -0.39 is 24.2 Å². The van der Waals surface area contributed by atoms with Crippen molar-refractivity contribution < 1.29 is 20.1 Å². The highest BCUT2D eigenvalue weighted by molar-refractivity contribution is 5.80. The van der Waals surface area contributed by atoms with Crippen LogP contribution in [0, 0.1) is 0 Å². The summed E-state index contributed by atoms with van der Waals surface area (Å²) in [4.78, 5) is 12.2. The van der Waals surface area contributed by atoms with E-state index in [1.54, 1.807) is 6.08 Å². The molecule has 0 aliphatic rings. The minimum Gasteiger partial charge on any atom is -0.394 e. The Morgan fingerprint density at radius 1 is 0.839 bits per heavy atom. The second-order valence-corrected chi connectivity index (χ2v) is 8.19. The fourth-order valence-electron chi connectivity index (χ4n) is 3.28. The smallest absolute Gasteiger partial charge is 0.249 e. The highest BCUT2D eigenvalue weighted by Crippen LogP contribution is 2.11. The summed E-state index contributed by atoms with van der Waals surface area (Å²) < 4.78 is 0. The number of hydrogen-bond donors (Lipinski definition) is 4. The first-order valence-corrected chi connectivity index (χ1v) is 12.3. The third-order valence-corrected chi connectivity index (χ3v) is 5.31. The summed E-state index contributed by atoms with van der Waals surface area (Å²) in [6.07, 6.45) is 23.2. The monoisotopic (exact) mass is 437 g/mol. The van der Waals surface area contributed by atoms with Gasteiger partial charge in [-0.15, -0.1) is 0 Å². The Morgan fingerprint density at radius 3 is 1.97 bits per heavy atom. The topological polar surface area (TPSA) is 89.8 Å². The Labute approximate surface area is 190 Å². The minimum atomic E-state index is -1.10. The first-order chi connectivity index (χ1) is 15.1. The summed E-state index contributed by atoms with van der Waals surface area (Å²) in [5, 5.41) is 32.3. The largest absolute Gasteiger partial charge is 0.394 e. The number of aliphatic hydroxyl groups excluding tert-OH is 3. The molecule has 0 aromatic rings. The van der Waals surface area contributed by atoms with Gasteiger partial charge in [-0.25, -0.2) is 0 Å². The molecule has 0 spiro atoms. The van der Waals surface area contributed by atoms with Gasteiger partial charge >= 0.3 is 0 Å². The Kier molecular flexibility index (Phi) is 20.8. The van der Waals surface area contributed by atoms with Crippen LogP contribution >= 0.6 is 0 Å². The van der Waals surface area contributed by atoms with Crippen LogP contribution in [0.15, 0.2) is 36.5 Å². The van der Waals surface area contributed by atoms with E-state index in [2.05, 4.69) is 30.5 Å². The van der Waals surface area contributed by atoms with E-state index in [4.69, 9.17) is 0 Å². The molecule has 3 unspecified atom stereocenters. The predicted octanol–water partition coefficient (Wildman–Crippen LogP) is 4.97. The van der Waals surface area contributed by atoms with Crippen molar-refractivity contribution in [1.82, 2.24) is 5.32 Å². The van der Waals surface area contributed by atoms with E-state index in [-0.39, 0.29) is 6.61 Å². The van der Waals surface area contributed by atoms with Crippen molar-refractivity contribution in [3.05, 3.63) is 36.5 Å². The van der Waals surface area contributed by atoms with Gasteiger partial charge in [0.25, 0.3) is 0 Å². The van der Waals surface area contributed by atoms with E-state index in [9.17, 15) is 20.1 Å². The molecule has 0 aliphatic carbocycles. The van der Waals surface area contributed by atoms with E-state index in [0.29, 0.717) is 6.42 Å². The Hall–Kier alpha value is -1.43. The normalized spacial score (nSPS) is 15.1. The Morgan fingerprint density at radius 2 is 1.39 bits per heavy atom. The first-order valence-electron chi connectivity index (χ1n) is 12.3. The van der Waals surface area contributed by atoms with Gasteiger partial charge in [-0.1, -0.05) is 94.7 Å². The maximum Gasteiger partial charge on any atom is 0.249 e. The average Bonchev–Trinajstić information content (AvgIpc) is 2.77. The number of hydrogen-bond acceptors (Lipinski definition) is 4. The molecule has 180 valence electrons. The van der Waals surface area contributed by atoms with Crippen molar-refractivity contribution in [2.45, 2.75) is 116 Å². The SMILES string of the molecule is C/C=C/CC/C=C/CC/C=C/C(O)C(CO)NC(=O)C(O)CCCCCCCCCC. The van der Waals surface area contributed by atoms with Gasteiger partial charge in [0, 0.05) is 0 Å². The summed E-state index contributed by atoms with van der Waals surface area (Å²) in [5.41, 5.74) is 0. The van der Waals surface area contributed by atoms with Crippen LogP contribution in [0.1, 0.15) is 97.3 Å². The molecule has 0 bridgehead atoms. The summed E-state index contributed by atoms with van der Waals surface area (Å²) in [6, 6.07) is -0.812. The van der Waals surface area contributed by atoms with Crippen molar-refractivity contribution in [2.75, 3.05) is 6.61 Å². The number of rotatable bonds is 20. The molecule has 1 amide bonds. The zero-order valence-electron chi connectivity index (χ0n) is 19.8. The third-order valence-electron chi connectivity index (χ3n) is 5.31. The number of unbranched alkanes of at least 4 members (excludes halogenated alkanes) is 9. The molecule has 0 radical (unpaired) electrons. The molecule has 5 heteroatoms. The molecule has 4 N–H and O–H groups in total. The molecular weight excluding hydrogens is 390 g/mol. The molecule has 0 heterocycles. The van der Waals surface area contributed by atoms with Gasteiger partial charge in [0.2, 0.25) is 5.91 Å². The third kappa shape index (κ3) is 17.9. The summed E-state index contributed by atoms with van der Waals surface area (Å²) in [7, 11) is 0. The molecule has 0 aromatic heterocycles. The van der Waals surface area contributed by atoms with Crippen LogP contribution in [0.4, 0.5) is 0 Å². The van der Waals surface area contributed by atoms with Gasteiger partial charge in [-0.05, 0) is 39.0 Å². The van der Waals surface area contributed by atoms with Crippen LogP contribution in [-0.4, -0.2) is 46.1 Å². The van der Waals surface area contributed by atoms with Gasteiger partial charge in [0.1, 0.15) is 6.10 Å². The predicted molar refractivity (Wildman–Crippen MR) is 130 cm³/mol. The van der Waals surface area contributed by atoms with Crippen LogP contribution in [0.5, 0.6) is 0 Å². The second-order valence-electron chi connectivity index (χ2n) is 8.19. The van der Waals surface area contributed by atoms with Gasteiger partial charge < -0.3 is 20.6 Å². The molecule has 0 aliphatic heterocycles. The molecule has 0 saturated heterocycles. The van der Waals surface area contributed by atoms with E-state index in [0.717, 1.165) is 44.9 Å². The van der Waals surface area contributed by atoms with Gasteiger partial charge in [-0.2, -0.15) is 0 Å². The van der Waals surface area contributed by atoms with Gasteiger partial charge in [0.05, 0.1) is 18.8 Å². The number of aliphatic hydroxyl groups is 3. The van der Waals surface area contributed by atoms with Crippen LogP contribution < -0.4 is 5.32 Å². The Balaban J connectivity index is 4.03. The summed E-state index contributed by atoms with van der Waals surface area (Å²) in [5.74, 6) is -0.529. The Bertz CT molecular complexity index is 502. The number of nitrogens with one attached hydrogen (secondary N) is 1. The quantitative estimate of drug-likeness (QED) is 0.160. The highest BCUT2D eigenvalue weighted by atomic mass is 16.3. The number of carbonyl (C=O) groups is 1. The van der Waals surface area contributed by atoms with Crippen molar-refractivity contribution in [3.63, 3.8) is 0 Å². The molecule has 0 aromatic carbocycles. The van der Waals surface area contributed by atoms with Crippen molar-refractivity contribution in [2.24, 2.45) is 0 Å². The van der Waals surface area contributed by atoms with Gasteiger partial charge in [0.15, 0.2) is 0 Å². The molecule has 0 rings (SSSR count).